The van der Waals surface area contributed by atoms with Crippen LogP contribution in [0.25, 0.3) is 0 Å². The van der Waals surface area contributed by atoms with Gasteiger partial charge in [0.05, 0.1) is 6.21 Å². The second-order valence-corrected chi connectivity index (χ2v) is 5.51. The van der Waals surface area contributed by atoms with Gasteiger partial charge in [0.1, 0.15) is 0 Å². The first-order chi connectivity index (χ1) is 10.5. The minimum absolute atomic E-state index is 0.383. The summed E-state index contributed by atoms with van der Waals surface area (Å²) in [5.74, 6) is 0. The van der Waals surface area contributed by atoms with E-state index in [4.69, 9.17) is 11.6 Å². The van der Waals surface area contributed by atoms with Crippen LogP contribution >= 0.6 is 11.6 Å². The Morgan fingerprint density at radius 2 is 1.77 bits per heavy atom. The molecule has 0 unspecified atom stereocenters. The number of hydrogen-bond donors (Lipinski definition) is 2. The van der Waals surface area contributed by atoms with E-state index >= 15 is 0 Å². The maximum atomic E-state index is 11.9. The fourth-order valence-corrected chi connectivity index (χ4v) is 2.20. The van der Waals surface area contributed by atoms with Gasteiger partial charge in [-0.05, 0) is 49.1 Å². The quantitative estimate of drug-likeness (QED) is 0.639. The van der Waals surface area contributed by atoms with Crippen molar-refractivity contribution in [3.8, 4) is 0 Å². The summed E-state index contributed by atoms with van der Waals surface area (Å²) in [6.07, 6.45) is 1.55. The van der Waals surface area contributed by atoms with Crippen LogP contribution in [0, 0.1) is 20.8 Å². The number of rotatable bonds is 3. The van der Waals surface area contributed by atoms with E-state index < -0.39 is 0 Å². The van der Waals surface area contributed by atoms with Crippen molar-refractivity contribution in [2.75, 3.05) is 5.32 Å². The van der Waals surface area contributed by atoms with E-state index in [2.05, 4.69) is 15.8 Å². The summed E-state index contributed by atoms with van der Waals surface area (Å²) >= 11 is 6.04. The molecule has 114 valence electrons. The highest BCUT2D eigenvalue weighted by Crippen LogP contribution is 2.19. The molecule has 0 fully saturated rings. The smallest absolute Gasteiger partial charge is 0.306 e. The number of hydrogen-bond acceptors (Lipinski definition) is 2. The second-order valence-electron chi connectivity index (χ2n) is 5.10. The van der Waals surface area contributed by atoms with Crippen molar-refractivity contribution in [1.82, 2.24) is 5.43 Å². The molecule has 0 aliphatic rings. The number of carbonyl (C=O) groups is 1. The van der Waals surface area contributed by atoms with Gasteiger partial charge >= 0.3 is 6.03 Å². The number of benzene rings is 2. The van der Waals surface area contributed by atoms with Crippen LogP contribution in [-0.4, -0.2) is 12.2 Å². The van der Waals surface area contributed by atoms with Crippen molar-refractivity contribution in [2.24, 2.45) is 5.10 Å². The van der Waals surface area contributed by atoms with Crippen molar-refractivity contribution in [3.63, 3.8) is 0 Å². The Morgan fingerprint density at radius 3 is 2.41 bits per heavy atom. The molecule has 0 bridgehead atoms. The molecule has 4 nitrogen and oxygen atoms in total. The Kier molecular flexibility index (Phi) is 5.17. The van der Waals surface area contributed by atoms with Gasteiger partial charge in [-0.1, -0.05) is 41.9 Å². The van der Waals surface area contributed by atoms with Crippen molar-refractivity contribution >= 4 is 29.5 Å². The number of amides is 2. The first kappa shape index (κ1) is 16.0. The number of hydrazone groups is 1. The van der Waals surface area contributed by atoms with Crippen LogP contribution in [0.15, 0.2) is 41.5 Å². The van der Waals surface area contributed by atoms with Gasteiger partial charge in [0.15, 0.2) is 0 Å². The normalized spacial score (nSPS) is 10.7. The van der Waals surface area contributed by atoms with Crippen molar-refractivity contribution < 1.29 is 4.79 Å². The summed E-state index contributed by atoms with van der Waals surface area (Å²) < 4.78 is 0. The zero-order chi connectivity index (χ0) is 16.1. The average Bonchev–Trinajstić information content (AvgIpc) is 2.47. The third-order valence-electron chi connectivity index (χ3n) is 3.30. The second kappa shape index (κ2) is 7.09. The fourth-order valence-electron chi connectivity index (χ4n) is 2.01. The Bertz CT molecular complexity index is 706. The number of para-hydroxylation sites is 1. The highest BCUT2D eigenvalue weighted by atomic mass is 35.5. The molecule has 5 heteroatoms. The minimum atomic E-state index is -0.383. The monoisotopic (exact) mass is 315 g/mol. The molecule has 0 aromatic heterocycles. The molecule has 0 aliphatic carbocycles. The largest absolute Gasteiger partial charge is 0.339 e. The minimum Gasteiger partial charge on any atom is -0.306 e. The summed E-state index contributed by atoms with van der Waals surface area (Å²) in [7, 11) is 0. The van der Waals surface area contributed by atoms with E-state index in [1.807, 2.05) is 51.1 Å². The van der Waals surface area contributed by atoms with Crippen LogP contribution in [0.1, 0.15) is 22.3 Å². The lowest BCUT2D eigenvalue weighted by atomic mass is 10.1. The lowest BCUT2D eigenvalue weighted by Gasteiger charge is -2.10. The van der Waals surface area contributed by atoms with E-state index in [1.54, 1.807) is 12.3 Å². The number of urea groups is 1. The lowest BCUT2D eigenvalue weighted by Crippen LogP contribution is -2.25. The SMILES string of the molecule is Cc1ccc(/C=N/NC(=O)Nc2c(C)cccc2C)cc1Cl. The van der Waals surface area contributed by atoms with Gasteiger partial charge in [-0.3, -0.25) is 0 Å². The van der Waals surface area contributed by atoms with Crippen LogP contribution in [0.2, 0.25) is 5.02 Å². The standard InChI is InChI=1S/C17H18ClN3O/c1-11-7-8-14(9-15(11)18)10-19-21-17(22)20-16-12(2)5-4-6-13(16)3/h4-10H,1-3H3,(H2,20,21,22)/b19-10+. The highest BCUT2D eigenvalue weighted by Gasteiger charge is 2.05. The summed E-state index contributed by atoms with van der Waals surface area (Å²) in [6, 6.07) is 11.0. The molecule has 2 aromatic rings. The molecule has 0 radical (unpaired) electrons. The van der Waals surface area contributed by atoms with Crippen molar-refractivity contribution in [3.05, 3.63) is 63.7 Å². The Balaban J connectivity index is 1.98. The van der Waals surface area contributed by atoms with Crippen molar-refractivity contribution in [2.45, 2.75) is 20.8 Å². The van der Waals surface area contributed by atoms with Gasteiger partial charge < -0.3 is 5.32 Å². The average molecular weight is 316 g/mol. The molecule has 0 aliphatic heterocycles. The number of carbonyl (C=O) groups excluding carboxylic acids is 1. The number of halogens is 1. The van der Waals surface area contributed by atoms with Crippen LogP contribution in [0.3, 0.4) is 0 Å². The zero-order valence-corrected chi connectivity index (χ0v) is 13.5. The topological polar surface area (TPSA) is 53.5 Å². The molecule has 2 N–H and O–H groups in total. The summed E-state index contributed by atoms with van der Waals surface area (Å²) in [5, 5.41) is 7.39. The first-order valence-corrected chi connectivity index (χ1v) is 7.27. The summed E-state index contributed by atoms with van der Waals surface area (Å²) in [4.78, 5) is 11.9. The molecule has 0 saturated heterocycles. The summed E-state index contributed by atoms with van der Waals surface area (Å²) in [6.45, 7) is 5.82. The van der Waals surface area contributed by atoms with Gasteiger partial charge in [-0.25, -0.2) is 10.2 Å². The molecule has 2 amide bonds. The molecule has 2 rings (SSSR count). The third kappa shape index (κ3) is 4.09. The Hall–Kier alpha value is -2.33. The van der Waals surface area contributed by atoms with Crippen LogP contribution in [0.5, 0.6) is 0 Å². The summed E-state index contributed by atoms with van der Waals surface area (Å²) in [5.41, 5.74) is 7.07. The lowest BCUT2D eigenvalue weighted by molar-refractivity contribution is 0.252. The zero-order valence-electron chi connectivity index (χ0n) is 12.8. The van der Waals surface area contributed by atoms with Crippen LogP contribution in [0.4, 0.5) is 10.5 Å². The van der Waals surface area contributed by atoms with E-state index in [0.717, 1.165) is 27.9 Å². The van der Waals surface area contributed by atoms with E-state index in [9.17, 15) is 4.79 Å². The molecular weight excluding hydrogens is 298 g/mol. The molecule has 0 saturated carbocycles. The molecule has 22 heavy (non-hydrogen) atoms. The highest BCUT2D eigenvalue weighted by molar-refractivity contribution is 6.31. The molecule has 2 aromatic carbocycles. The van der Waals surface area contributed by atoms with E-state index in [0.29, 0.717) is 5.02 Å². The number of nitrogens with zero attached hydrogens (tertiary/aromatic N) is 1. The fraction of sp³-hybridized carbons (Fsp3) is 0.176. The van der Waals surface area contributed by atoms with Gasteiger partial charge in [0.2, 0.25) is 0 Å². The number of nitrogens with one attached hydrogen (secondary N) is 2. The van der Waals surface area contributed by atoms with Crippen LogP contribution in [-0.2, 0) is 0 Å². The Labute approximate surface area is 135 Å². The molecular formula is C17H18ClN3O. The van der Waals surface area contributed by atoms with Gasteiger partial charge in [-0.15, -0.1) is 0 Å². The number of aryl methyl sites for hydroxylation is 3. The maximum Gasteiger partial charge on any atom is 0.339 e. The first-order valence-electron chi connectivity index (χ1n) is 6.90. The Morgan fingerprint density at radius 1 is 1.09 bits per heavy atom. The molecule has 0 atom stereocenters. The predicted octanol–water partition coefficient (Wildman–Crippen LogP) is 4.42. The van der Waals surface area contributed by atoms with Gasteiger partial charge in [0, 0.05) is 10.7 Å². The predicted molar refractivity (Wildman–Crippen MR) is 91.9 cm³/mol. The maximum absolute atomic E-state index is 11.9. The molecule has 0 heterocycles. The van der Waals surface area contributed by atoms with E-state index in [1.165, 1.54) is 0 Å². The van der Waals surface area contributed by atoms with Crippen LogP contribution < -0.4 is 10.7 Å². The van der Waals surface area contributed by atoms with Gasteiger partial charge in [-0.2, -0.15) is 5.10 Å². The molecule has 0 spiro atoms. The third-order valence-corrected chi connectivity index (χ3v) is 3.70. The number of anilines is 1. The van der Waals surface area contributed by atoms with E-state index in [-0.39, 0.29) is 6.03 Å². The van der Waals surface area contributed by atoms with Gasteiger partial charge in [0.25, 0.3) is 0 Å². The van der Waals surface area contributed by atoms with Crippen molar-refractivity contribution in [1.29, 1.82) is 0 Å².